The summed E-state index contributed by atoms with van der Waals surface area (Å²) in [6.07, 6.45) is 5.27. The molecule has 2 atom stereocenters. The molecule has 0 bridgehead atoms. The monoisotopic (exact) mass is 408 g/mol. The molecule has 1 aromatic heterocycles. The third-order valence-corrected chi connectivity index (χ3v) is 6.66. The van der Waals surface area contributed by atoms with Gasteiger partial charge in [-0.1, -0.05) is 63.9 Å². The fourth-order valence-corrected chi connectivity index (χ4v) is 5.00. The van der Waals surface area contributed by atoms with Crippen LogP contribution in [0.3, 0.4) is 0 Å². The lowest BCUT2D eigenvalue weighted by atomic mass is 9.53. The minimum atomic E-state index is -0.772. The second-order valence-corrected chi connectivity index (χ2v) is 9.36. The van der Waals surface area contributed by atoms with Gasteiger partial charge in [0.1, 0.15) is 5.82 Å². The number of amides is 1. The second-order valence-electron chi connectivity index (χ2n) is 9.36. The van der Waals surface area contributed by atoms with Crippen LogP contribution < -0.4 is 4.90 Å². The smallest absolute Gasteiger partial charge is 0.310 e. The summed E-state index contributed by atoms with van der Waals surface area (Å²) in [5.74, 6) is -0.152. The first-order valence-electron chi connectivity index (χ1n) is 10.7. The fourth-order valence-electron chi connectivity index (χ4n) is 5.00. The number of hydrogen-bond acceptors (Lipinski definition) is 3. The van der Waals surface area contributed by atoms with Gasteiger partial charge in [-0.2, -0.15) is 0 Å². The van der Waals surface area contributed by atoms with Gasteiger partial charge in [0, 0.05) is 19.0 Å². The van der Waals surface area contributed by atoms with Crippen molar-refractivity contribution in [1.82, 2.24) is 4.98 Å². The van der Waals surface area contributed by atoms with Crippen LogP contribution in [0.2, 0.25) is 0 Å². The highest BCUT2D eigenvalue weighted by atomic mass is 16.4. The number of carboxylic acid groups (broad SMARTS) is 1. The van der Waals surface area contributed by atoms with Crippen LogP contribution in [-0.2, 0) is 16.1 Å². The Morgan fingerprint density at radius 3 is 2.37 bits per heavy atom. The summed E-state index contributed by atoms with van der Waals surface area (Å²) in [4.78, 5) is 30.6. The number of aromatic nitrogens is 1. The molecule has 1 fully saturated rings. The normalized spacial score (nSPS) is 21.8. The number of hydrogen-bond donors (Lipinski definition) is 1. The van der Waals surface area contributed by atoms with Crippen LogP contribution in [0.25, 0.3) is 0 Å². The Morgan fingerprint density at radius 1 is 1.13 bits per heavy atom. The average molecular weight is 409 g/mol. The maximum Gasteiger partial charge on any atom is 0.310 e. The highest BCUT2D eigenvalue weighted by Gasteiger charge is 2.55. The van der Waals surface area contributed by atoms with Crippen LogP contribution in [0, 0.1) is 10.8 Å². The summed E-state index contributed by atoms with van der Waals surface area (Å²) >= 11 is 0. The number of carbonyl (C=O) groups excluding carboxylic acids is 1. The molecular formula is C25H32N2O3. The predicted molar refractivity (Wildman–Crippen MR) is 118 cm³/mol. The van der Waals surface area contributed by atoms with E-state index in [1.807, 2.05) is 63.2 Å². The Kier molecular flexibility index (Phi) is 6.30. The summed E-state index contributed by atoms with van der Waals surface area (Å²) in [7, 11) is 0. The SMILES string of the molecule is CC(=O)N(Cc1ccc([C@H]2CCCC[C@]2(C(=O)O)C(C)(C)C)cc1)c1ccccn1. The highest BCUT2D eigenvalue weighted by molar-refractivity contribution is 5.90. The van der Waals surface area contributed by atoms with Crippen molar-refractivity contribution in [2.24, 2.45) is 10.8 Å². The second kappa shape index (κ2) is 8.58. The van der Waals surface area contributed by atoms with Gasteiger partial charge >= 0.3 is 5.97 Å². The Bertz CT molecular complexity index is 887. The lowest BCUT2D eigenvalue weighted by Crippen LogP contribution is -2.49. The van der Waals surface area contributed by atoms with E-state index in [2.05, 4.69) is 4.98 Å². The number of anilines is 1. The highest BCUT2D eigenvalue weighted by Crippen LogP contribution is 2.57. The maximum absolute atomic E-state index is 12.5. The molecule has 3 rings (SSSR count). The number of carbonyl (C=O) groups is 2. The summed E-state index contributed by atoms with van der Waals surface area (Å²) < 4.78 is 0. The molecule has 0 spiro atoms. The van der Waals surface area contributed by atoms with Gasteiger partial charge < -0.3 is 5.11 Å². The lowest BCUT2D eigenvalue weighted by molar-refractivity contribution is -0.162. The Hall–Kier alpha value is -2.69. The van der Waals surface area contributed by atoms with Crippen LogP contribution in [0.5, 0.6) is 0 Å². The summed E-state index contributed by atoms with van der Waals surface area (Å²) in [5, 5.41) is 10.3. The number of benzene rings is 1. The first-order valence-corrected chi connectivity index (χ1v) is 10.7. The third-order valence-electron chi connectivity index (χ3n) is 6.66. The predicted octanol–water partition coefficient (Wildman–Crippen LogP) is 5.41. The Morgan fingerprint density at radius 2 is 1.83 bits per heavy atom. The van der Waals surface area contributed by atoms with E-state index in [-0.39, 0.29) is 17.2 Å². The lowest BCUT2D eigenvalue weighted by Gasteiger charge is -2.49. The van der Waals surface area contributed by atoms with Gasteiger partial charge in [0.2, 0.25) is 5.91 Å². The standard InChI is InChI=1S/C25H32N2O3/c1-18(28)27(22-10-6-8-16-26-22)17-19-11-13-20(14-12-19)21-9-5-7-15-25(21,23(29)30)24(2,3)4/h6,8,10-14,16,21H,5,7,9,15,17H2,1-4H3,(H,29,30)/t21-,25+/m1/s1. The molecule has 0 saturated heterocycles. The van der Waals surface area contributed by atoms with Crippen molar-refractivity contribution in [2.75, 3.05) is 4.90 Å². The molecule has 2 aromatic rings. The van der Waals surface area contributed by atoms with E-state index in [0.29, 0.717) is 18.8 Å². The Labute approximate surface area is 179 Å². The molecule has 1 N–H and O–H groups in total. The van der Waals surface area contributed by atoms with Crippen molar-refractivity contribution >= 4 is 17.7 Å². The molecule has 1 aliphatic carbocycles. The number of aliphatic carboxylic acids is 1. The molecular weight excluding hydrogens is 376 g/mol. The van der Waals surface area contributed by atoms with Crippen molar-refractivity contribution in [1.29, 1.82) is 0 Å². The fraction of sp³-hybridized carbons (Fsp3) is 0.480. The van der Waals surface area contributed by atoms with Crippen LogP contribution >= 0.6 is 0 Å². The zero-order valence-corrected chi connectivity index (χ0v) is 18.4. The van der Waals surface area contributed by atoms with Gasteiger partial charge in [-0.05, 0) is 41.5 Å². The number of rotatable bonds is 5. The topological polar surface area (TPSA) is 70.5 Å². The number of nitrogens with zero attached hydrogens (tertiary/aromatic N) is 2. The quantitative estimate of drug-likeness (QED) is 0.718. The molecule has 1 amide bonds. The van der Waals surface area contributed by atoms with E-state index in [1.54, 1.807) is 11.1 Å². The molecule has 0 radical (unpaired) electrons. The molecule has 1 heterocycles. The zero-order chi connectivity index (χ0) is 21.9. The molecule has 5 heteroatoms. The van der Waals surface area contributed by atoms with Gasteiger partial charge in [0.25, 0.3) is 0 Å². The summed E-state index contributed by atoms with van der Waals surface area (Å²) in [6, 6.07) is 13.6. The molecule has 1 saturated carbocycles. The molecule has 30 heavy (non-hydrogen) atoms. The van der Waals surface area contributed by atoms with E-state index in [0.717, 1.165) is 30.4 Å². The van der Waals surface area contributed by atoms with Crippen LogP contribution in [0.4, 0.5) is 5.82 Å². The first-order chi connectivity index (χ1) is 14.2. The minimum absolute atomic E-state index is 0.0162. The molecule has 160 valence electrons. The molecule has 1 aromatic carbocycles. The van der Waals surface area contributed by atoms with Crippen molar-refractivity contribution in [3.05, 3.63) is 59.8 Å². The van der Waals surface area contributed by atoms with Crippen molar-refractivity contribution in [3.8, 4) is 0 Å². The van der Waals surface area contributed by atoms with E-state index in [1.165, 1.54) is 6.92 Å². The third kappa shape index (κ3) is 4.11. The molecule has 1 aliphatic rings. The van der Waals surface area contributed by atoms with Gasteiger partial charge in [0.15, 0.2) is 0 Å². The molecule has 5 nitrogen and oxygen atoms in total. The molecule has 0 unspecified atom stereocenters. The summed E-state index contributed by atoms with van der Waals surface area (Å²) in [5.41, 5.74) is 0.953. The summed E-state index contributed by atoms with van der Waals surface area (Å²) in [6.45, 7) is 8.11. The molecule has 0 aliphatic heterocycles. The first kappa shape index (κ1) is 22.0. The number of pyridine rings is 1. The van der Waals surface area contributed by atoms with E-state index < -0.39 is 11.4 Å². The van der Waals surface area contributed by atoms with Crippen molar-refractivity contribution < 1.29 is 14.7 Å². The van der Waals surface area contributed by atoms with Gasteiger partial charge in [-0.25, -0.2) is 4.98 Å². The largest absolute Gasteiger partial charge is 0.481 e. The van der Waals surface area contributed by atoms with Crippen molar-refractivity contribution in [2.45, 2.75) is 65.8 Å². The van der Waals surface area contributed by atoms with Crippen LogP contribution in [-0.4, -0.2) is 22.0 Å². The average Bonchev–Trinajstić information content (AvgIpc) is 2.72. The maximum atomic E-state index is 12.5. The number of carboxylic acids is 1. The van der Waals surface area contributed by atoms with Crippen molar-refractivity contribution in [3.63, 3.8) is 0 Å². The Balaban J connectivity index is 1.89. The minimum Gasteiger partial charge on any atom is -0.481 e. The van der Waals surface area contributed by atoms with Gasteiger partial charge in [-0.15, -0.1) is 0 Å². The van der Waals surface area contributed by atoms with Gasteiger partial charge in [0.05, 0.1) is 12.0 Å². The van der Waals surface area contributed by atoms with E-state index in [9.17, 15) is 14.7 Å². The van der Waals surface area contributed by atoms with Crippen LogP contribution in [0.1, 0.15) is 70.4 Å². The zero-order valence-electron chi connectivity index (χ0n) is 18.4. The van der Waals surface area contributed by atoms with Crippen LogP contribution in [0.15, 0.2) is 48.7 Å². The van der Waals surface area contributed by atoms with Gasteiger partial charge in [-0.3, -0.25) is 14.5 Å². The van der Waals surface area contributed by atoms with E-state index in [4.69, 9.17) is 0 Å². The van der Waals surface area contributed by atoms with E-state index >= 15 is 0 Å².